The van der Waals surface area contributed by atoms with Crippen molar-refractivity contribution < 1.29 is 9.53 Å². The number of amides is 1. The minimum absolute atomic E-state index is 0.0343. The Morgan fingerprint density at radius 1 is 1.07 bits per heavy atom. The number of carbonyl (C=O) groups excluding carboxylic acids is 1. The quantitative estimate of drug-likeness (QED) is 0.442. The van der Waals surface area contributed by atoms with Gasteiger partial charge < -0.3 is 10.1 Å². The second-order valence-electron chi connectivity index (χ2n) is 7.51. The Morgan fingerprint density at radius 2 is 1.76 bits per heavy atom. The average Bonchev–Trinajstić information content (AvgIpc) is 3.06. The molecule has 0 aliphatic rings. The van der Waals surface area contributed by atoms with E-state index < -0.39 is 0 Å². The van der Waals surface area contributed by atoms with Crippen LogP contribution in [0.15, 0.2) is 48.5 Å². The van der Waals surface area contributed by atoms with Gasteiger partial charge in [-0.25, -0.2) is 4.98 Å². The Hall–Kier alpha value is -2.66. The summed E-state index contributed by atoms with van der Waals surface area (Å²) in [5.41, 5.74) is 4.51. The molecule has 0 atom stereocenters. The van der Waals surface area contributed by atoms with Crippen LogP contribution in [0.5, 0.6) is 5.75 Å². The Kier molecular flexibility index (Phi) is 7.04. The summed E-state index contributed by atoms with van der Waals surface area (Å²) in [5.74, 6) is 1.31. The van der Waals surface area contributed by atoms with E-state index in [0.717, 1.165) is 21.9 Å². The maximum atomic E-state index is 12.2. The molecule has 0 radical (unpaired) electrons. The predicted molar refractivity (Wildman–Crippen MR) is 121 cm³/mol. The van der Waals surface area contributed by atoms with E-state index in [4.69, 9.17) is 4.74 Å². The van der Waals surface area contributed by atoms with Crippen LogP contribution < -0.4 is 10.1 Å². The highest BCUT2D eigenvalue weighted by Gasteiger charge is 2.12. The fraction of sp³-hybridized carbons (Fsp3) is 0.333. The van der Waals surface area contributed by atoms with Crippen molar-refractivity contribution in [2.24, 2.45) is 0 Å². The molecule has 1 amide bonds. The lowest BCUT2D eigenvalue weighted by atomic mass is 10.0. The van der Waals surface area contributed by atoms with Crippen molar-refractivity contribution in [2.75, 3.05) is 11.9 Å². The monoisotopic (exact) mass is 408 g/mol. The van der Waals surface area contributed by atoms with Crippen LogP contribution in [0.25, 0.3) is 11.3 Å². The number of ether oxygens (including phenoxy) is 1. The van der Waals surface area contributed by atoms with Crippen molar-refractivity contribution in [3.05, 3.63) is 64.5 Å². The zero-order chi connectivity index (χ0) is 20.8. The lowest BCUT2D eigenvalue weighted by Gasteiger charge is -2.08. The van der Waals surface area contributed by atoms with Gasteiger partial charge in [0.25, 0.3) is 0 Å². The van der Waals surface area contributed by atoms with Gasteiger partial charge in [-0.2, -0.15) is 0 Å². The lowest BCUT2D eigenvalue weighted by Crippen LogP contribution is -2.12. The Balaban J connectivity index is 1.46. The Morgan fingerprint density at radius 3 is 2.41 bits per heavy atom. The zero-order valence-corrected chi connectivity index (χ0v) is 18.3. The van der Waals surface area contributed by atoms with E-state index in [-0.39, 0.29) is 5.91 Å². The number of rotatable bonds is 8. The predicted octanol–water partition coefficient (Wildman–Crippen LogP) is 6.35. The molecule has 0 aliphatic carbocycles. The van der Waals surface area contributed by atoms with Crippen molar-refractivity contribution in [1.29, 1.82) is 0 Å². The molecule has 1 aromatic heterocycles. The summed E-state index contributed by atoms with van der Waals surface area (Å²) >= 11 is 1.51. The molecule has 0 unspecified atom stereocenters. The van der Waals surface area contributed by atoms with Gasteiger partial charge in [0, 0.05) is 16.9 Å². The van der Waals surface area contributed by atoms with E-state index in [1.54, 1.807) is 0 Å². The van der Waals surface area contributed by atoms with Gasteiger partial charge in [0.15, 0.2) is 5.13 Å². The third-order valence-electron chi connectivity index (χ3n) is 4.73. The number of thiazole rings is 1. The number of aryl methyl sites for hydroxylation is 2. The molecule has 1 N–H and O–H groups in total. The first kappa shape index (κ1) is 21.1. The van der Waals surface area contributed by atoms with Gasteiger partial charge in [-0.15, -0.1) is 11.3 Å². The summed E-state index contributed by atoms with van der Waals surface area (Å²) in [4.78, 5) is 17.9. The summed E-state index contributed by atoms with van der Waals surface area (Å²) in [5, 5.41) is 3.56. The molecule has 0 fully saturated rings. The molecule has 3 rings (SSSR count). The first-order chi connectivity index (χ1) is 13.9. The largest absolute Gasteiger partial charge is 0.494 e. The van der Waals surface area contributed by atoms with Crippen molar-refractivity contribution in [3.63, 3.8) is 0 Å². The first-order valence-electron chi connectivity index (χ1n) is 9.99. The molecular formula is C24H28N2O2S. The van der Waals surface area contributed by atoms with Crippen molar-refractivity contribution >= 4 is 22.4 Å². The van der Waals surface area contributed by atoms with Crippen LogP contribution in [-0.2, 0) is 4.79 Å². The number of anilines is 1. The minimum atomic E-state index is -0.0343. The normalized spacial score (nSPS) is 10.9. The van der Waals surface area contributed by atoms with Crippen LogP contribution in [0.1, 0.15) is 48.6 Å². The molecule has 0 saturated carbocycles. The zero-order valence-electron chi connectivity index (χ0n) is 17.5. The summed E-state index contributed by atoms with van der Waals surface area (Å²) in [7, 11) is 0. The highest BCUT2D eigenvalue weighted by atomic mass is 32.1. The highest BCUT2D eigenvalue weighted by molar-refractivity contribution is 7.16. The second-order valence-corrected chi connectivity index (χ2v) is 8.72. The van der Waals surface area contributed by atoms with Crippen molar-refractivity contribution in [2.45, 2.75) is 46.5 Å². The van der Waals surface area contributed by atoms with Gasteiger partial charge in [-0.3, -0.25) is 4.79 Å². The average molecular weight is 409 g/mol. The third kappa shape index (κ3) is 5.91. The molecule has 5 heteroatoms. The Labute approximate surface area is 177 Å². The van der Waals surface area contributed by atoms with E-state index in [9.17, 15) is 4.79 Å². The number of hydrogen-bond donors (Lipinski definition) is 1. The van der Waals surface area contributed by atoms with Crippen molar-refractivity contribution in [1.82, 2.24) is 4.98 Å². The Bertz CT molecular complexity index is 944. The summed E-state index contributed by atoms with van der Waals surface area (Å²) in [6, 6.07) is 16.4. The van der Waals surface area contributed by atoms with E-state index >= 15 is 0 Å². The summed E-state index contributed by atoms with van der Waals surface area (Å²) in [6.07, 6.45) is 1.06. The number of nitrogens with one attached hydrogen (secondary N) is 1. The molecule has 0 aliphatic heterocycles. The smallest absolute Gasteiger partial charge is 0.226 e. The van der Waals surface area contributed by atoms with Gasteiger partial charge >= 0.3 is 0 Å². The maximum Gasteiger partial charge on any atom is 0.226 e. The van der Waals surface area contributed by atoms with Crippen molar-refractivity contribution in [3.8, 4) is 17.0 Å². The van der Waals surface area contributed by atoms with Crippen LogP contribution in [0.3, 0.4) is 0 Å². The molecule has 0 spiro atoms. The van der Waals surface area contributed by atoms with E-state index in [1.807, 2.05) is 19.1 Å². The topological polar surface area (TPSA) is 51.2 Å². The lowest BCUT2D eigenvalue weighted by molar-refractivity contribution is -0.116. The summed E-state index contributed by atoms with van der Waals surface area (Å²) in [6.45, 7) is 8.94. The molecule has 29 heavy (non-hydrogen) atoms. The standard InChI is InChI=1S/C24H28N2O2S/c1-16(2)19-11-13-21(14-12-19)28-15-5-6-22(27)25-24-26-23(18(4)29-24)20-9-7-17(3)8-10-20/h7-14,16H,5-6,15H2,1-4H3,(H,25,26,27). The molecule has 0 saturated heterocycles. The number of hydrogen-bond acceptors (Lipinski definition) is 4. The van der Waals surface area contributed by atoms with Gasteiger partial charge in [-0.1, -0.05) is 55.8 Å². The van der Waals surface area contributed by atoms with Crippen LogP contribution in [0, 0.1) is 13.8 Å². The van der Waals surface area contributed by atoms with Crippen LogP contribution in [0.2, 0.25) is 0 Å². The molecule has 1 heterocycles. The van der Waals surface area contributed by atoms with Gasteiger partial charge in [0.05, 0.1) is 12.3 Å². The molecule has 0 bridgehead atoms. The van der Waals surface area contributed by atoms with Gasteiger partial charge in [0.2, 0.25) is 5.91 Å². The van der Waals surface area contributed by atoms with E-state index in [0.29, 0.717) is 30.5 Å². The molecule has 2 aromatic carbocycles. The molecule has 3 aromatic rings. The SMILES string of the molecule is Cc1ccc(-c2nc(NC(=O)CCCOc3ccc(C(C)C)cc3)sc2C)cc1. The van der Waals surface area contributed by atoms with Crippen LogP contribution in [0.4, 0.5) is 5.13 Å². The number of benzene rings is 2. The fourth-order valence-corrected chi connectivity index (χ4v) is 3.83. The van der Waals surface area contributed by atoms with E-state index in [1.165, 1.54) is 22.5 Å². The maximum absolute atomic E-state index is 12.2. The van der Waals surface area contributed by atoms with Gasteiger partial charge in [-0.05, 0) is 43.9 Å². The minimum Gasteiger partial charge on any atom is -0.494 e. The fourth-order valence-electron chi connectivity index (χ4n) is 2.98. The third-order valence-corrected chi connectivity index (χ3v) is 5.62. The summed E-state index contributed by atoms with van der Waals surface area (Å²) < 4.78 is 5.74. The number of aromatic nitrogens is 1. The number of nitrogens with zero attached hydrogens (tertiary/aromatic N) is 1. The van der Waals surface area contributed by atoms with Gasteiger partial charge in [0.1, 0.15) is 5.75 Å². The molecule has 4 nitrogen and oxygen atoms in total. The van der Waals surface area contributed by atoms with Crippen LogP contribution in [-0.4, -0.2) is 17.5 Å². The molecule has 152 valence electrons. The van der Waals surface area contributed by atoms with Crippen LogP contribution >= 0.6 is 11.3 Å². The van der Waals surface area contributed by atoms with E-state index in [2.05, 4.69) is 67.5 Å². The number of carbonyl (C=O) groups is 1. The first-order valence-corrected chi connectivity index (χ1v) is 10.8. The molecular weight excluding hydrogens is 380 g/mol. The second kappa shape index (κ2) is 9.70. The highest BCUT2D eigenvalue weighted by Crippen LogP contribution is 2.30.